The van der Waals surface area contributed by atoms with Gasteiger partial charge < -0.3 is 0 Å². The minimum absolute atomic E-state index is 1.44. The Morgan fingerprint density at radius 1 is 0.424 bits per heavy atom. The van der Waals surface area contributed by atoms with Crippen LogP contribution in [0.5, 0.6) is 0 Å². The second-order valence-corrected chi connectivity index (χ2v) is 14.9. The highest BCUT2D eigenvalue weighted by Gasteiger charge is 2.94. The van der Waals surface area contributed by atoms with E-state index in [2.05, 4.69) is 33.2 Å². The van der Waals surface area contributed by atoms with E-state index < -0.39 is 78.9 Å². The summed E-state index contributed by atoms with van der Waals surface area (Å²) in [4.78, 5) is 0. The molecule has 0 bridgehead atoms. The minimum Gasteiger partial charge on any atom is -0.200 e. The summed E-state index contributed by atoms with van der Waals surface area (Å²) in [5, 5.41) is 0. The van der Waals surface area contributed by atoms with Crippen LogP contribution in [-0.4, -0.2) is 53.3 Å². The molecule has 0 aliphatic heterocycles. The van der Waals surface area contributed by atoms with Gasteiger partial charge in [-0.25, -0.2) is 0 Å². The van der Waals surface area contributed by atoms with Gasteiger partial charge in [-0.15, -0.1) is 33.2 Å². The zero-order valence-electron chi connectivity index (χ0n) is 14.9. The van der Waals surface area contributed by atoms with Crippen molar-refractivity contribution in [3.63, 3.8) is 0 Å². The van der Waals surface area contributed by atoms with E-state index in [4.69, 9.17) is 0 Å². The van der Waals surface area contributed by atoms with Gasteiger partial charge in [0.1, 0.15) is 0 Å². The summed E-state index contributed by atoms with van der Waals surface area (Å²) >= 11 is 13.1. The Kier molecular flexibility index (Phi) is 9.06. The van der Waals surface area contributed by atoms with Crippen molar-refractivity contribution >= 4 is 39.2 Å². The van der Waals surface area contributed by atoms with Crippen molar-refractivity contribution in [2.24, 2.45) is 0 Å². The van der Waals surface area contributed by atoms with Gasteiger partial charge in [0.2, 0.25) is 0 Å². The molecule has 0 aromatic rings. The fourth-order valence-corrected chi connectivity index (χ4v) is 3.61. The fraction of sp³-hybridized carbons (Fsp3) is 1.00. The molecule has 0 rings (SSSR count). The van der Waals surface area contributed by atoms with Crippen LogP contribution < -0.4 is 0 Å². The molecule has 0 fully saturated rings. The Hall–Kier alpha value is -0.103. The fourth-order valence-electron chi connectivity index (χ4n) is 2.03. The van der Waals surface area contributed by atoms with Gasteiger partial charge in [-0.05, 0) is 12.8 Å². The molecule has 0 aromatic heterocycles. The van der Waals surface area contributed by atoms with Gasteiger partial charge in [-0.1, -0.05) is 0 Å². The molecular formula is C12H8Cl3F17Si. The molecular weight excluding hydrogens is 602 g/mol. The van der Waals surface area contributed by atoms with Crippen molar-refractivity contribution in [1.29, 1.82) is 0 Å². The summed E-state index contributed by atoms with van der Waals surface area (Å²) < 4.78 is 225. The largest absolute Gasteiger partial charge is 0.424 e. The van der Waals surface area contributed by atoms with E-state index in [-0.39, 0.29) is 0 Å². The lowest BCUT2D eigenvalue weighted by Gasteiger charge is -2.43. The number of rotatable bonds is 11. The highest BCUT2D eigenvalue weighted by atomic mass is 35.8. The summed E-state index contributed by atoms with van der Waals surface area (Å²) in [5.41, 5.74) is -6.82. The van der Waals surface area contributed by atoms with Crippen molar-refractivity contribution in [2.75, 3.05) is 0 Å². The predicted molar refractivity (Wildman–Crippen MR) is 82.5 cm³/mol. The highest BCUT2D eigenvalue weighted by Crippen LogP contribution is 2.64. The van der Waals surface area contributed by atoms with Crippen LogP contribution in [0.25, 0.3) is 0 Å². The van der Waals surface area contributed by atoms with E-state index in [1.54, 1.807) is 0 Å². The molecule has 200 valence electrons. The van der Waals surface area contributed by atoms with Crippen LogP contribution in [0.2, 0.25) is 0 Å². The van der Waals surface area contributed by atoms with Gasteiger partial charge in [0.05, 0.1) is 0 Å². The first-order valence-corrected chi connectivity index (χ1v) is 12.8. The average Bonchev–Trinajstić information content (AvgIpc) is 2.55. The maximum Gasteiger partial charge on any atom is 0.424 e. The van der Waals surface area contributed by atoms with Crippen molar-refractivity contribution in [2.45, 2.75) is 72.9 Å². The van der Waals surface area contributed by atoms with Crippen LogP contribution in [0.15, 0.2) is 0 Å². The Balaban J connectivity index is 6.26. The third kappa shape index (κ3) is 5.52. The lowest BCUT2D eigenvalue weighted by atomic mass is 9.89. The molecule has 0 saturated heterocycles. The molecule has 0 radical (unpaired) electrons. The van der Waals surface area contributed by atoms with E-state index in [9.17, 15) is 74.6 Å². The summed E-state index contributed by atoms with van der Waals surface area (Å²) in [5.74, 6) is -46.7. The third-order valence-corrected chi connectivity index (χ3v) is 7.15. The minimum atomic E-state index is -8.34. The Bertz CT molecular complexity index is 682. The molecule has 0 aliphatic rings. The van der Waals surface area contributed by atoms with Crippen molar-refractivity contribution in [1.82, 2.24) is 0 Å². The molecule has 0 aromatic carbocycles. The maximum atomic E-state index is 13.6. The molecule has 0 unspecified atom stereocenters. The SMILES string of the molecule is FC(F)(F)CCCCC(F)(F)C(F)(F)C(F)(F)C(F)(F)C(F)(F)C(F)(F)C(F)(F)[Si](Cl)(Cl)Cl. The first kappa shape index (κ1) is 32.9. The average molecular weight is 610 g/mol. The number of alkyl halides is 17. The van der Waals surface area contributed by atoms with Crippen molar-refractivity contribution in [3.8, 4) is 0 Å². The summed E-state index contributed by atoms with van der Waals surface area (Å²) in [6, 6.07) is -6.54. The summed E-state index contributed by atoms with van der Waals surface area (Å²) in [6.45, 7) is 0. The van der Waals surface area contributed by atoms with Crippen LogP contribution >= 0.6 is 33.2 Å². The van der Waals surface area contributed by atoms with Crippen molar-refractivity contribution < 1.29 is 74.6 Å². The number of hydrogen-bond donors (Lipinski definition) is 0. The zero-order chi connectivity index (χ0) is 27.3. The van der Waals surface area contributed by atoms with Crippen LogP contribution in [0.1, 0.15) is 25.7 Å². The molecule has 0 N–H and O–H groups in total. The molecule has 21 heteroatoms. The number of hydrogen-bond acceptors (Lipinski definition) is 0. The molecule has 0 atom stereocenters. The van der Waals surface area contributed by atoms with E-state index in [1.807, 2.05) is 0 Å². The van der Waals surface area contributed by atoms with Gasteiger partial charge in [0.15, 0.2) is 0 Å². The Morgan fingerprint density at radius 2 is 0.727 bits per heavy atom. The Morgan fingerprint density at radius 3 is 1.06 bits per heavy atom. The zero-order valence-corrected chi connectivity index (χ0v) is 18.2. The van der Waals surface area contributed by atoms with Crippen LogP contribution in [-0.2, 0) is 0 Å². The van der Waals surface area contributed by atoms with Gasteiger partial charge in [-0.3, -0.25) is 0 Å². The van der Waals surface area contributed by atoms with Gasteiger partial charge >= 0.3 is 53.3 Å². The maximum absolute atomic E-state index is 13.6. The van der Waals surface area contributed by atoms with E-state index in [1.165, 1.54) is 0 Å². The van der Waals surface area contributed by atoms with Gasteiger partial charge in [0.25, 0.3) is 0 Å². The topological polar surface area (TPSA) is 0 Å². The molecule has 0 aliphatic carbocycles. The second-order valence-electron chi connectivity index (χ2n) is 6.47. The molecule has 0 heterocycles. The first-order valence-electron chi connectivity index (χ1n) is 7.74. The quantitative estimate of drug-likeness (QED) is 0.0951. The summed E-state index contributed by atoms with van der Waals surface area (Å²) in [7, 11) is 0. The Labute approximate surface area is 187 Å². The smallest absolute Gasteiger partial charge is 0.200 e. The van der Waals surface area contributed by atoms with Gasteiger partial charge in [0, 0.05) is 12.8 Å². The molecule has 0 amide bonds. The molecule has 0 spiro atoms. The number of unbranched alkanes of at least 4 members (excludes halogenated alkanes) is 1. The second kappa shape index (κ2) is 9.08. The van der Waals surface area contributed by atoms with Crippen LogP contribution in [0.4, 0.5) is 74.6 Å². The lowest BCUT2D eigenvalue weighted by molar-refractivity contribution is -0.436. The van der Waals surface area contributed by atoms with Gasteiger partial charge in [-0.2, -0.15) is 74.6 Å². The standard InChI is InChI=1S/C12H8Cl3F17Si/c13-33(14,15)12(31,32)11(29,30)10(27,28)9(25,26)8(23,24)7(21,22)5(16,17)3-1-2-4-6(18,19)20/h1-4H2. The normalized spacial score (nSPS) is 16.4. The molecule has 0 saturated carbocycles. The predicted octanol–water partition coefficient (Wildman–Crippen LogP) is 8.75. The lowest BCUT2D eigenvalue weighted by Crippen LogP contribution is -2.74. The monoisotopic (exact) mass is 608 g/mol. The highest BCUT2D eigenvalue weighted by molar-refractivity contribution is 7.65. The third-order valence-electron chi connectivity index (χ3n) is 3.99. The molecule has 0 nitrogen and oxygen atoms in total. The van der Waals surface area contributed by atoms with Crippen LogP contribution in [0.3, 0.4) is 0 Å². The van der Waals surface area contributed by atoms with E-state index in [0.717, 1.165) is 0 Å². The molecule has 33 heavy (non-hydrogen) atoms. The van der Waals surface area contributed by atoms with Crippen molar-refractivity contribution in [3.05, 3.63) is 0 Å². The van der Waals surface area contributed by atoms with Crippen LogP contribution in [0, 0.1) is 0 Å². The van der Waals surface area contributed by atoms with E-state index >= 15 is 0 Å². The number of halogens is 20. The first-order chi connectivity index (χ1) is 14.0. The van der Waals surface area contributed by atoms with E-state index in [0.29, 0.717) is 0 Å². The summed E-state index contributed by atoms with van der Waals surface area (Å²) in [6.07, 6.45) is -12.8.